The van der Waals surface area contributed by atoms with Gasteiger partial charge < -0.3 is 5.73 Å². The van der Waals surface area contributed by atoms with Crippen LogP contribution in [0.5, 0.6) is 0 Å². The Morgan fingerprint density at radius 3 is 2.00 bits per heavy atom. The van der Waals surface area contributed by atoms with E-state index in [1.807, 2.05) is 12.1 Å². The van der Waals surface area contributed by atoms with Gasteiger partial charge in [0.25, 0.3) is 0 Å². The molecule has 0 amide bonds. The first kappa shape index (κ1) is 13.4. The summed E-state index contributed by atoms with van der Waals surface area (Å²) in [7, 11) is 0. The zero-order valence-electron chi connectivity index (χ0n) is 11.4. The highest BCUT2D eigenvalue weighted by atomic mass is 35.5. The molecule has 0 spiro atoms. The van der Waals surface area contributed by atoms with Gasteiger partial charge in [-0.1, -0.05) is 23.7 Å². The molecule has 1 atom stereocenters. The van der Waals surface area contributed by atoms with Crippen LogP contribution >= 0.6 is 11.6 Å². The van der Waals surface area contributed by atoms with Gasteiger partial charge in [0.15, 0.2) is 0 Å². The van der Waals surface area contributed by atoms with Gasteiger partial charge in [-0.25, -0.2) is 0 Å². The smallest absolute Gasteiger partial charge is 0.0470 e. The first-order valence-corrected chi connectivity index (χ1v) is 7.83. The Morgan fingerprint density at radius 2 is 1.58 bits per heavy atom. The van der Waals surface area contributed by atoms with Crippen LogP contribution in [0, 0.1) is 11.8 Å². The van der Waals surface area contributed by atoms with Gasteiger partial charge in [-0.15, -0.1) is 0 Å². The molecule has 0 aliphatic heterocycles. The molecule has 3 rings (SSSR count). The van der Waals surface area contributed by atoms with Crippen molar-refractivity contribution in [2.45, 2.75) is 31.7 Å². The monoisotopic (exact) mass is 278 g/mol. The summed E-state index contributed by atoms with van der Waals surface area (Å²) in [6, 6.07) is 8.58. The summed E-state index contributed by atoms with van der Waals surface area (Å²) < 4.78 is 0. The van der Waals surface area contributed by atoms with Gasteiger partial charge in [0.2, 0.25) is 0 Å². The average molecular weight is 279 g/mol. The van der Waals surface area contributed by atoms with Crippen molar-refractivity contribution in [2.24, 2.45) is 17.6 Å². The molecule has 1 unspecified atom stereocenters. The van der Waals surface area contributed by atoms with Crippen LogP contribution in [0.3, 0.4) is 0 Å². The molecule has 0 radical (unpaired) electrons. The largest absolute Gasteiger partial charge is 0.329 e. The summed E-state index contributed by atoms with van der Waals surface area (Å²) in [5.74, 6) is 1.83. The van der Waals surface area contributed by atoms with Crippen LogP contribution in [-0.4, -0.2) is 24.5 Å². The standard InChI is InChI=1S/C16H23ClN2/c17-15-7-5-14(6-8-15)16(9-18)19(10-12-1-2-12)11-13-3-4-13/h5-8,12-13,16H,1-4,9-11,18H2. The van der Waals surface area contributed by atoms with Crippen molar-refractivity contribution < 1.29 is 0 Å². The van der Waals surface area contributed by atoms with Gasteiger partial charge >= 0.3 is 0 Å². The molecule has 2 N–H and O–H groups in total. The van der Waals surface area contributed by atoms with Crippen LogP contribution in [-0.2, 0) is 0 Å². The molecule has 19 heavy (non-hydrogen) atoms. The van der Waals surface area contributed by atoms with Crippen LogP contribution in [0.1, 0.15) is 37.3 Å². The highest BCUT2D eigenvalue weighted by Gasteiger charge is 2.32. The molecule has 2 nitrogen and oxygen atoms in total. The normalized spacial score (nSPS) is 20.8. The fourth-order valence-electron chi connectivity index (χ4n) is 2.77. The predicted molar refractivity (Wildman–Crippen MR) is 80.3 cm³/mol. The Hall–Kier alpha value is -0.570. The summed E-state index contributed by atoms with van der Waals surface area (Å²) in [5, 5.41) is 0.801. The summed E-state index contributed by atoms with van der Waals surface area (Å²) in [5.41, 5.74) is 7.37. The molecule has 0 saturated heterocycles. The van der Waals surface area contributed by atoms with Crippen LogP contribution in [0.25, 0.3) is 0 Å². The van der Waals surface area contributed by atoms with Gasteiger partial charge in [-0.2, -0.15) is 0 Å². The lowest BCUT2D eigenvalue weighted by molar-refractivity contribution is 0.185. The zero-order chi connectivity index (χ0) is 13.2. The van der Waals surface area contributed by atoms with Gasteiger partial charge in [-0.05, 0) is 55.2 Å². The van der Waals surface area contributed by atoms with Crippen LogP contribution < -0.4 is 5.73 Å². The molecule has 2 aliphatic rings. The molecule has 1 aromatic carbocycles. The highest BCUT2D eigenvalue weighted by Crippen LogP contribution is 2.37. The van der Waals surface area contributed by atoms with E-state index in [4.69, 9.17) is 17.3 Å². The number of halogens is 1. The third-order valence-corrected chi connectivity index (χ3v) is 4.55. The molecule has 1 aromatic rings. The molecule has 0 aromatic heterocycles. The van der Waals surface area contributed by atoms with E-state index >= 15 is 0 Å². The van der Waals surface area contributed by atoms with E-state index in [1.54, 1.807) is 0 Å². The topological polar surface area (TPSA) is 29.3 Å². The SMILES string of the molecule is NCC(c1ccc(Cl)cc1)N(CC1CC1)CC1CC1. The molecular formula is C16H23ClN2. The van der Waals surface area contributed by atoms with Crippen molar-refractivity contribution in [3.05, 3.63) is 34.9 Å². The van der Waals surface area contributed by atoms with Gasteiger partial charge in [0.05, 0.1) is 0 Å². The number of benzene rings is 1. The summed E-state index contributed by atoms with van der Waals surface area (Å²) in [6.45, 7) is 3.14. The number of nitrogens with zero attached hydrogens (tertiary/aromatic N) is 1. The van der Waals surface area contributed by atoms with Gasteiger partial charge in [0, 0.05) is 30.7 Å². The lowest BCUT2D eigenvalue weighted by Crippen LogP contribution is -2.36. The lowest BCUT2D eigenvalue weighted by atomic mass is 10.0. The number of hydrogen-bond acceptors (Lipinski definition) is 2. The minimum absolute atomic E-state index is 0.360. The van der Waals surface area contributed by atoms with E-state index in [9.17, 15) is 0 Å². The van der Waals surface area contributed by atoms with Crippen molar-refractivity contribution in [3.63, 3.8) is 0 Å². The van der Waals surface area contributed by atoms with Crippen molar-refractivity contribution in [1.29, 1.82) is 0 Å². The van der Waals surface area contributed by atoms with Crippen LogP contribution in [0.15, 0.2) is 24.3 Å². The second-order valence-electron chi connectivity index (χ2n) is 6.14. The molecule has 2 saturated carbocycles. The Morgan fingerprint density at radius 1 is 1.05 bits per heavy atom. The number of nitrogens with two attached hydrogens (primary N) is 1. The zero-order valence-corrected chi connectivity index (χ0v) is 12.1. The molecule has 104 valence electrons. The van der Waals surface area contributed by atoms with E-state index in [0.717, 1.165) is 16.9 Å². The second kappa shape index (κ2) is 5.82. The maximum Gasteiger partial charge on any atom is 0.0470 e. The van der Waals surface area contributed by atoms with Crippen LogP contribution in [0.2, 0.25) is 5.02 Å². The molecule has 0 heterocycles. The minimum atomic E-state index is 0.360. The van der Waals surface area contributed by atoms with Crippen LogP contribution in [0.4, 0.5) is 0 Å². The second-order valence-corrected chi connectivity index (χ2v) is 6.58. The molecule has 2 aliphatic carbocycles. The van der Waals surface area contributed by atoms with Gasteiger partial charge in [-0.3, -0.25) is 4.90 Å². The Balaban J connectivity index is 1.73. The fourth-order valence-corrected chi connectivity index (χ4v) is 2.90. The predicted octanol–water partition coefficient (Wildman–Crippen LogP) is 3.46. The summed E-state index contributed by atoms with van der Waals surface area (Å²) in [4.78, 5) is 2.62. The van der Waals surface area contributed by atoms with E-state index in [2.05, 4.69) is 17.0 Å². The minimum Gasteiger partial charge on any atom is -0.329 e. The van der Waals surface area contributed by atoms with Crippen molar-refractivity contribution in [1.82, 2.24) is 4.90 Å². The highest BCUT2D eigenvalue weighted by molar-refractivity contribution is 6.30. The number of hydrogen-bond donors (Lipinski definition) is 1. The molecule has 2 fully saturated rings. The lowest BCUT2D eigenvalue weighted by Gasteiger charge is -2.31. The molecule has 0 bridgehead atoms. The Bertz CT molecular complexity index is 395. The third kappa shape index (κ3) is 3.71. The van der Waals surface area contributed by atoms with E-state index in [-0.39, 0.29) is 0 Å². The molecular weight excluding hydrogens is 256 g/mol. The van der Waals surface area contributed by atoms with E-state index in [1.165, 1.54) is 44.3 Å². The van der Waals surface area contributed by atoms with E-state index in [0.29, 0.717) is 12.6 Å². The maximum atomic E-state index is 6.06. The quantitative estimate of drug-likeness (QED) is 0.828. The van der Waals surface area contributed by atoms with Crippen molar-refractivity contribution in [2.75, 3.05) is 19.6 Å². The van der Waals surface area contributed by atoms with Crippen molar-refractivity contribution >= 4 is 11.6 Å². The first-order valence-electron chi connectivity index (χ1n) is 7.46. The summed E-state index contributed by atoms with van der Waals surface area (Å²) in [6.07, 6.45) is 5.61. The average Bonchev–Trinajstić information content (AvgIpc) is 3.28. The molecule has 3 heteroatoms. The number of rotatable bonds is 7. The van der Waals surface area contributed by atoms with Crippen molar-refractivity contribution in [3.8, 4) is 0 Å². The Kier molecular flexibility index (Phi) is 4.11. The maximum absolute atomic E-state index is 6.06. The van der Waals surface area contributed by atoms with E-state index < -0.39 is 0 Å². The fraction of sp³-hybridized carbons (Fsp3) is 0.625. The first-order chi connectivity index (χ1) is 9.26. The van der Waals surface area contributed by atoms with Gasteiger partial charge in [0.1, 0.15) is 0 Å². The summed E-state index contributed by atoms with van der Waals surface area (Å²) >= 11 is 5.98. The third-order valence-electron chi connectivity index (χ3n) is 4.30. The Labute approximate surface area is 120 Å².